The predicted octanol–water partition coefficient (Wildman–Crippen LogP) is 1.69. The molecule has 0 saturated carbocycles. The van der Waals surface area contributed by atoms with Crippen molar-refractivity contribution in [3.05, 3.63) is 23.0 Å². The second-order valence-corrected chi connectivity index (χ2v) is 2.56. The summed E-state index contributed by atoms with van der Waals surface area (Å²) >= 11 is 5.63. The number of pyridine rings is 1. The standard InChI is InChI=1S/C7H3ClN2O2/c8-6-5(3-11)1-4-2-9-12-7(4)10-6/h1-3H. The monoisotopic (exact) mass is 182 g/mol. The van der Waals surface area contributed by atoms with Crippen LogP contribution in [0.5, 0.6) is 0 Å². The van der Waals surface area contributed by atoms with Crippen LogP contribution in [-0.4, -0.2) is 16.4 Å². The normalized spacial score (nSPS) is 10.4. The highest BCUT2D eigenvalue weighted by atomic mass is 35.5. The van der Waals surface area contributed by atoms with Crippen LogP contribution in [0.1, 0.15) is 10.4 Å². The number of hydrogen-bond acceptors (Lipinski definition) is 4. The molecule has 0 aliphatic carbocycles. The Labute approximate surface area is 72.1 Å². The number of halogens is 1. The van der Waals surface area contributed by atoms with Crippen LogP contribution in [-0.2, 0) is 0 Å². The molecule has 0 fully saturated rings. The van der Waals surface area contributed by atoms with Gasteiger partial charge in [0.25, 0.3) is 5.71 Å². The largest absolute Gasteiger partial charge is 0.336 e. The van der Waals surface area contributed by atoms with Gasteiger partial charge < -0.3 is 4.52 Å². The molecule has 0 atom stereocenters. The molecule has 0 N–H and O–H groups in total. The molecule has 2 rings (SSSR count). The topological polar surface area (TPSA) is 56.0 Å². The number of aromatic nitrogens is 2. The molecule has 0 aliphatic rings. The van der Waals surface area contributed by atoms with E-state index in [1.54, 1.807) is 6.07 Å². The van der Waals surface area contributed by atoms with E-state index in [0.29, 0.717) is 22.9 Å². The smallest absolute Gasteiger partial charge is 0.259 e. The lowest BCUT2D eigenvalue weighted by Gasteiger charge is -1.91. The van der Waals surface area contributed by atoms with Gasteiger partial charge >= 0.3 is 0 Å². The highest BCUT2D eigenvalue weighted by molar-refractivity contribution is 6.32. The first kappa shape index (κ1) is 7.24. The van der Waals surface area contributed by atoms with Gasteiger partial charge in [0.2, 0.25) is 0 Å². The predicted molar refractivity (Wildman–Crippen MR) is 42.2 cm³/mol. The van der Waals surface area contributed by atoms with Crippen molar-refractivity contribution >= 4 is 29.0 Å². The van der Waals surface area contributed by atoms with E-state index in [4.69, 9.17) is 16.1 Å². The van der Waals surface area contributed by atoms with Crippen LogP contribution in [0.4, 0.5) is 0 Å². The van der Waals surface area contributed by atoms with Crippen molar-refractivity contribution in [2.45, 2.75) is 0 Å². The first-order valence-corrected chi connectivity index (χ1v) is 3.55. The lowest BCUT2D eigenvalue weighted by Crippen LogP contribution is -1.85. The van der Waals surface area contributed by atoms with Crippen LogP contribution in [0.25, 0.3) is 11.1 Å². The lowest BCUT2D eigenvalue weighted by atomic mass is 10.2. The Morgan fingerprint density at radius 2 is 2.42 bits per heavy atom. The summed E-state index contributed by atoms with van der Waals surface area (Å²) in [5.41, 5.74) is 0.679. The summed E-state index contributed by atoms with van der Waals surface area (Å²) in [6, 6.07) is 1.58. The maximum atomic E-state index is 10.4. The van der Waals surface area contributed by atoms with Gasteiger partial charge in [-0.2, -0.15) is 4.98 Å². The molecule has 0 unspecified atom stereocenters. The number of fused-ring (bicyclic) bond motifs is 1. The van der Waals surface area contributed by atoms with Crippen molar-refractivity contribution in [2.75, 3.05) is 0 Å². The summed E-state index contributed by atoms with van der Waals surface area (Å²) in [6.45, 7) is 0. The maximum Gasteiger partial charge on any atom is 0.259 e. The SMILES string of the molecule is O=Cc1cc2cnoc2nc1Cl. The summed E-state index contributed by atoms with van der Waals surface area (Å²) in [5, 5.41) is 4.31. The van der Waals surface area contributed by atoms with Gasteiger partial charge in [-0.1, -0.05) is 16.8 Å². The molecule has 2 aromatic rings. The van der Waals surface area contributed by atoms with Gasteiger partial charge in [0.1, 0.15) is 5.15 Å². The fourth-order valence-corrected chi connectivity index (χ4v) is 1.06. The average molecular weight is 183 g/mol. The molecule has 0 aliphatic heterocycles. The van der Waals surface area contributed by atoms with E-state index < -0.39 is 0 Å². The van der Waals surface area contributed by atoms with Crippen molar-refractivity contribution in [2.24, 2.45) is 0 Å². The minimum absolute atomic E-state index is 0.134. The van der Waals surface area contributed by atoms with Crippen molar-refractivity contribution in [1.29, 1.82) is 0 Å². The molecule has 0 amide bonds. The molecule has 5 heteroatoms. The molecule has 60 valence electrons. The second kappa shape index (κ2) is 2.57. The molecule has 2 aromatic heterocycles. The average Bonchev–Trinajstić information content (AvgIpc) is 2.49. The quantitative estimate of drug-likeness (QED) is 0.498. The Bertz CT molecular complexity index is 438. The first-order valence-electron chi connectivity index (χ1n) is 3.17. The third-order valence-corrected chi connectivity index (χ3v) is 1.76. The van der Waals surface area contributed by atoms with E-state index >= 15 is 0 Å². The molecule has 0 radical (unpaired) electrons. The molecule has 12 heavy (non-hydrogen) atoms. The zero-order valence-electron chi connectivity index (χ0n) is 5.82. The zero-order chi connectivity index (χ0) is 8.55. The highest BCUT2D eigenvalue weighted by Gasteiger charge is 2.06. The Morgan fingerprint density at radius 1 is 1.58 bits per heavy atom. The van der Waals surface area contributed by atoms with E-state index in [2.05, 4.69) is 10.1 Å². The van der Waals surface area contributed by atoms with Crippen LogP contribution in [0.15, 0.2) is 16.8 Å². The number of carbonyl (C=O) groups excluding carboxylic acids is 1. The summed E-state index contributed by atoms with van der Waals surface area (Å²) in [6.07, 6.45) is 2.12. The zero-order valence-corrected chi connectivity index (χ0v) is 6.58. The van der Waals surface area contributed by atoms with Gasteiger partial charge in [-0.05, 0) is 6.07 Å². The minimum atomic E-state index is 0.134. The number of carbonyl (C=O) groups is 1. The minimum Gasteiger partial charge on any atom is -0.336 e. The summed E-state index contributed by atoms with van der Waals surface area (Å²) in [7, 11) is 0. The van der Waals surface area contributed by atoms with Crippen LogP contribution < -0.4 is 0 Å². The van der Waals surface area contributed by atoms with Gasteiger partial charge in [-0.3, -0.25) is 4.79 Å². The van der Waals surface area contributed by atoms with Crippen LogP contribution in [0, 0.1) is 0 Å². The summed E-state index contributed by atoms with van der Waals surface area (Å²) in [5.74, 6) is 0. The van der Waals surface area contributed by atoms with Crippen molar-refractivity contribution in [1.82, 2.24) is 10.1 Å². The molecule has 0 aromatic carbocycles. The number of rotatable bonds is 1. The van der Waals surface area contributed by atoms with Crippen molar-refractivity contribution in [3.63, 3.8) is 0 Å². The molecule has 2 heterocycles. The summed E-state index contributed by atoms with van der Waals surface area (Å²) < 4.78 is 4.74. The number of hydrogen-bond donors (Lipinski definition) is 0. The van der Waals surface area contributed by atoms with Crippen LogP contribution in [0.2, 0.25) is 5.15 Å². The molecule has 4 nitrogen and oxygen atoms in total. The number of aldehydes is 1. The highest BCUT2D eigenvalue weighted by Crippen LogP contribution is 2.18. The Balaban J connectivity index is 2.81. The van der Waals surface area contributed by atoms with Gasteiger partial charge in [0, 0.05) is 0 Å². The molecular weight excluding hydrogens is 180 g/mol. The van der Waals surface area contributed by atoms with Crippen LogP contribution >= 0.6 is 11.6 Å². The van der Waals surface area contributed by atoms with Gasteiger partial charge in [-0.15, -0.1) is 0 Å². The molecule has 0 bridgehead atoms. The van der Waals surface area contributed by atoms with E-state index in [1.807, 2.05) is 0 Å². The van der Waals surface area contributed by atoms with Gasteiger partial charge in [-0.25, -0.2) is 0 Å². The van der Waals surface area contributed by atoms with Crippen molar-refractivity contribution < 1.29 is 9.32 Å². The van der Waals surface area contributed by atoms with E-state index in [1.165, 1.54) is 6.20 Å². The Hall–Kier alpha value is -1.42. The molecule has 0 spiro atoms. The van der Waals surface area contributed by atoms with E-state index in [0.717, 1.165) is 0 Å². The van der Waals surface area contributed by atoms with Gasteiger partial charge in [0.05, 0.1) is 17.1 Å². The number of nitrogens with zero attached hydrogens (tertiary/aromatic N) is 2. The fourth-order valence-electron chi connectivity index (χ4n) is 0.888. The van der Waals surface area contributed by atoms with Gasteiger partial charge in [0.15, 0.2) is 6.29 Å². The fraction of sp³-hybridized carbons (Fsp3) is 0. The third-order valence-electron chi connectivity index (χ3n) is 1.45. The lowest BCUT2D eigenvalue weighted by molar-refractivity contribution is 0.112. The Morgan fingerprint density at radius 3 is 3.17 bits per heavy atom. The molecular formula is C7H3ClN2O2. The molecule has 0 saturated heterocycles. The maximum absolute atomic E-state index is 10.4. The summed E-state index contributed by atoms with van der Waals surface area (Å²) in [4.78, 5) is 14.2. The Kier molecular flexibility index (Phi) is 1.55. The van der Waals surface area contributed by atoms with E-state index in [-0.39, 0.29) is 5.15 Å². The van der Waals surface area contributed by atoms with E-state index in [9.17, 15) is 4.79 Å². The van der Waals surface area contributed by atoms with Crippen molar-refractivity contribution in [3.8, 4) is 0 Å². The third kappa shape index (κ3) is 0.967. The first-order chi connectivity index (χ1) is 5.81. The second-order valence-electron chi connectivity index (χ2n) is 2.21. The van der Waals surface area contributed by atoms with Crippen LogP contribution in [0.3, 0.4) is 0 Å².